The van der Waals surface area contributed by atoms with E-state index in [1.807, 2.05) is 71.0 Å². The minimum Gasteiger partial charge on any atom is -0.460 e. The minimum atomic E-state index is -1.01. The molecule has 3 rings (SSSR count). The number of carbonyl (C=O) groups is 2. The molecule has 1 unspecified atom stereocenters. The highest BCUT2D eigenvalue weighted by molar-refractivity contribution is 6.47. The smallest absolute Gasteiger partial charge is 0.330 e. The fourth-order valence-electron chi connectivity index (χ4n) is 4.41. The van der Waals surface area contributed by atoms with Gasteiger partial charge in [0.05, 0.1) is 29.6 Å². The molecule has 2 aromatic carbocycles. The summed E-state index contributed by atoms with van der Waals surface area (Å²) in [6.45, 7) is 12.6. The summed E-state index contributed by atoms with van der Waals surface area (Å²) in [5, 5.41) is 13.5. The van der Waals surface area contributed by atoms with Crippen LogP contribution in [0, 0.1) is 5.92 Å². The second-order valence-electron chi connectivity index (χ2n) is 12.4. The van der Waals surface area contributed by atoms with Crippen LogP contribution in [0.25, 0.3) is 0 Å². The number of carbonyl (C=O) groups excluding carboxylic acids is 2. The summed E-state index contributed by atoms with van der Waals surface area (Å²) in [4.78, 5) is 26.3. The van der Waals surface area contributed by atoms with E-state index < -0.39 is 22.7 Å². The summed E-state index contributed by atoms with van der Waals surface area (Å²) < 4.78 is 11.4. The van der Waals surface area contributed by atoms with Crippen molar-refractivity contribution in [1.82, 2.24) is 5.32 Å². The molecule has 38 heavy (non-hydrogen) atoms. The normalized spacial score (nSPS) is 16.8. The fourth-order valence-corrected chi connectivity index (χ4v) is 4.41. The standard InChI is InChI=1S/C31H43BNO5/c1-29(2,3)37-27(34)20-23(28(35)33-26-14-10-12-22-11-8-9-13-25(22)26)19-21-15-17-24(18-16-21)32-38-31(6,7)30(4,5)36/h8-9,11,13,15-18,23,26,36H,10,12,14,19-20H2,1-7H3,(H,33,35)/t23?,26-/m1/s1. The van der Waals surface area contributed by atoms with Crippen molar-refractivity contribution in [3.05, 3.63) is 65.2 Å². The lowest BCUT2D eigenvalue weighted by Crippen LogP contribution is -2.49. The second-order valence-corrected chi connectivity index (χ2v) is 12.4. The molecule has 1 amide bonds. The van der Waals surface area contributed by atoms with E-state index in [0.717, 1.165) is 35.9 Å². The summed E-state index contributed by atoms with van der Waals surface area (Å²) in [6, 6.07) is 15.9. The van der Waals surface area contributed by atoms with Crippen LogP contribution in [0.3, 0.4) is 0 Å². The molecule has 0 bridgehead atoms. The number of aryl methyl sites for hydroxylation is 1. The van der Waals surface area contributed by atoms with E-state index in [1.54, 1.807) is 21.3 Å². The molecule has 2 aromatic rings. The van der Waals surface area contributed by atoms with Gasteiger partial charge in [0, 0.05) is 0 Å². The summed E-state index contributed by atoms with van der Waals surface area (Å²) >= 11 is 0. The highest BCUT2D eigenvalue weighted by Gasteiger charge is 2.35. The van der Waals surface area contributed by atoms with Gasteiger partial charge in [0.15, 0.2) is 0 Å². The molecule has 0 spiro atoms. The van der Waals surface area contributed by atoms with E-state index in [0.29, 0.717) is 6.42 Å². The Balaban J connectivity index is 1.72. The van der Waals surface area contributed by atoms with Gasteiger partial charge < -0.3 is 19.8 Å². The maximum Gasteiger partial charge on any atom is 0.330 e. The van der Waals surface area contributed by atoms with Gasteiger partial charge in [-0.15, -0.1) is 0 Å². The number of fused-ring (bicyclic) bond motifs is 1. The van der Waals surface area contributed by atoms with Gasteiger partial charge in [-0.3, -0.25) is 9.59 Å². The van der Waals surface area contributed by atoms with E-state index >= 15 is 0 Å². The Labute approximate surface area is 228 Å². The Hall–Kier alpha value is -2.64. The van der Waals surface area contributed by atoms with Crippen molar-refractivity contribution in [1.29, 1.82) is 0 Å². The third-order valence-corrected chi connectivity index (χ3v) is 7.31. The summed E-state index contributed by atoms with van der Waals surface area (Å²) in [6.07, 6.45) is 3.34. The van der Waals surface area contributed by atoms with E-state index in [1.165, 1.54) is 5.56 Å². The predicted molar refractivity (Wildman–Crippen MR) is 151 cm³/mol. The zero-order valence-electron chi connectivity index (χ0n) is 24.0. The molecule has 0 aliphatic heterocycles. The number of ether oxygens (including phenoxy) is 1. The Morgan fingerprint density at radius 1 is 1.03 bits per heavy atom. The lowest BCUT2D eigenvalue weighted by atomic mass is 9.82. The van der Waals surface area contributed by atoms with Crippen LogP contribution in [0.1, 0.15) is 90.5 Å². The molecule has 7 heteroatoms. The number of rotatable bonds is 10. The zero-order valence-corrected chi connectivity index (χ0v) is 24.0. The first-order chi connectivity index (χ1) is 17.6. The third-order valence-electron chi connectivity index (χ3n) is 7.31. The largest absolute Gasteiger partial charge is 0.460 e. The van der Waals surface area contributed by atoms with Crippen molar-refractivity contribution in [2.45, 2.75) is 103 Å². The maximum absolute atomic E-state index is 13.5. The summed E-state index contributed by atoms with van der Waals surface area (Å²) in [7, 11) is 1.63. The number of aliphatic hydroxyl groups is 1. The lowest BCUT2D eigenvalue weighted by Gasteiger charge is -2.37. The topological polar surface area (TPSA) is 84.9 Å². The summed E-state index contributed by atoms with van der Waals surface area (Å²) in [5.41, 5.74) is 1.83. The van der Waals surface area contributed by atoms with Gasteiger partial charge in [-0.1, -0.05) is 54.0 Å². The van der Waals surface area contributed by atoms with E-state index in [4.69, 9.17) is 9.39 Å². The van der Waals surface area contributed by atoms with Crippen molar-refractivity contribution in [2.24, 2.45) is 5.92 Å². The molecule has 2 N–H and O–H groups in total. The average Bonchev–Trinajstić information content (AvgIpc) is 2.81. The molecule has 0 saturated carbocycles. The molecular weight excluding hydrogens is 477 g/mol. The Morgan fingerprint density at radius 3 is 2.32 bits per heavy atom. The first-order valence-corrected chi connectivity index (χ1v) is 13.6. The first-order valence-electron chi connectivity index (χ1n) is 13.6. The highest BCUT2D eigenvalue weighted by atomic mass is 16.6. The van der Waals surface area contributed by atoms with Gasteiger partial charge in [0.1, 0.15) is 5.60 Å². The molecule has 0 aromatic heterocycles. The van der Waals surface area contributed by atoms with E-state index in [2.05, 4.69) is 17.4 Å². The second kappa shape index (κ2) is 12.0. The fraction of sp³-hybridized carbons (Fsp3) is 0.548. The Morgan fingerprint density at radius 2 is 1.68 bits per heavy atom. The van der Waals surface area contributed by atoms with Crippen molar-refractivity contribution < 1.29 is 24.1 Å². The van der Waals surface area contributed by atoms with Gasteiger partial charge >= 0.3 is 13.5 Å². The molecule has 0 saturated heterocycles. The van der Waals surface area contributed by atoms with Crippen molar-refractivity contribution in [3.8, 4) is 0 Å². The lowest BCUT2D eigenvalue weighted by molar-refractivity contribution is -0.157. The molecule has 205 valence electrons. The number of hydrogen-bond acceptors (Lipinski definition) is 5. The van der Waals surface area contributed by atoms with Crippen LogP contribution in [-0.2, 0) is 31.8 Å². The van der Waals surface area contributed by atoms with Gasteiger partial charge in [0.2, 0.25) is 5.91 Å². The SMILES string of the molecule is CC(C)(C)OC(=O)CC(Cc1ccc([B]OC(C)(C)C(C)(C)O)cc1)C(=O)N[C@@H]1CCCc2ccccc21. The van der Waals surface area contributed by atoms with Crippen molar-refractivity contribution >= 4 is 24.8 Å². The van der Waals surface area contributed by atoms with Crippen LogP contribution >= 0.6 is 0 Å². The maximum atomic E-state index is 13.5. The predicted octanol–water partition coefficient (Wildman–Crippen LogP) is 4.58. The molecule has 1 aliphatic rings. The number of benzene rings is 2. The van der Waals surface area contributed by atoms with E-state index in [9.17, 15) is 14.7 Å². The highest BCUT2D eigenvalue weighted by Crippen LogP contribution is 2.30. The summed E-state index contributed by atoms with van der Waals surface area (Å²) in [5.74, 6) is -1.07. The molecule has 1 aliphatic carbocycles. The van der Waals surface area contributed by atoms with Gasteiger partial charge in [-0.05, 0) is 90.8 Å². The van der Waals surface area contributed by atoms with Crippen molar-refractivity contribution in [3.63, 3.8) is 0 Å². The molecular formula is C31H43BNO5. The van der Waals surface area contributed by atoms with Gasteiger partial charge in [0.25, 0.3) is 0 Å². The molecule has 1 radical (unpaired) electrons. The van der Waals surface area contributed by atoms with Crippen LogP contribution in [0.15, 0.2) is 48.5 Å². The number of amides is 1. The molecule has 0 heterocycles. The number of hydrogen-bond donors (Lipinski definition) is 2. The minimum absolute atomic E-state index is 0.00816. The van der Waals surface area contributed by atoms with Gasteiger partial charge in [-0.25, -0.2) is 0 Å². The quantitative estimate of drug-likeness (QED) is 0.354. The molecule has 0 fully saturated rings. The Bertz CT molecular complexity index is 1100. The number of esters is 1. The molecule has 6 nitrogen and oxygen atoms in total. The monoisotopic (exact) mass is 520 g/mol. The van der Waals surface area contributed by atoms with Crippen LogP contribution in [0.5, 0.6) is 0 Å². The number of nitrogens with one attached hydrogen (secondary N) is 1. The molecule has 2 atom stereocenters. The first kappa shape index (κ1) is 29.9. The third kappa shape index (κ3) is 8.44. The Kier molecular flexibility index (Phi) is 9.48. The van der Waals surface area contributed by atoms with Crippen molar-refractivity contribution in [2.75, 3.05) is 0 Å². The van der Waals surface area contributed by atoms with Gasteiger partial charge in [-0.2, -0.15) is 0 Å². The van der Waals surface area contributed by atoms with Crippen LogP contribution in [0.4, 0.5) is 0 Å². The van der Waals surface area contributed by atoms with E-state index in [-0.39, 0.29) is 24.3 Å². The average molecular weight is 520 g/mol. The van der Waals surface area contributed by atoms with Crippen LogP contribution in [0.2, 0.25) is 0 Å². The van der Waals surface area contributed by atoms with Crippen LogP contribution in [-0.4, -0.2) is 41.3 Å². The van der Waals surface area contributed by atoms with Crippen LogP contribution < -0.4 is 10.8 Å². The zero-order chi connectivity index (χ0) is 28.1.